The van der Waals surface area contributed by atoms with Gasteiger partial charge in [-0.3, -0.25) is 15.2 Å². The molecule has 0 aliphatic heterocycles. The molecule has 7 heteroatoms. The monoisotopic (exact) mass is 298 g/mol. The van der Waals surface area contributed by atoms with E-state index in [1.807, 2.05) is 0 Å². The number of amides is 1. The number of nitrogens with zero attached hydrogens (tertiary/aromatic N) is 2. The zero-order chi connectivity index (χ0) is 12.4. The minimum atomic E-state index is -0.607. The Morgan fingerprint density at radius 1 is 1.53 bits per heavy atom. The standard InChI is InChI=1S/C10H8BrFN4O/c1-5-13-10(16-15-5)14-9(17)7-3-2-6(11)4-8(7)12/h2-4H,1H3,(H2,13,14,15,16,17). The average Bonchev–Trinajstić information content (AvgIpc) is 2.63. The van der Waals surface area contributed by atoms with E-state index in [9.17, 15) is 9.18 Å². The molecule has 17 heavy (non-hydrogen) atoms. The minimum Gasteiger partial charge on any atom is -0.289 e. The van der Waals surface area contributed by atoms with Crippen LogP contribution in [0.1, 0.15) is 16.2 Å². The number of hydrogen-bond donors (Lipinski definition) is 2. The topological polar surface area (TPSA) is 70.7 Å². The molecule has 2 N–H and O–H groups in total. The van der Waals surface area contributed by atoms with Gasteiger partial charge in [-0.15, -0.1) is 5.10 Å². The number of halogens is 2. The Morgan fingerprint density at radius 2 is 2.29 bits per heavy atom. The van der Waals surface area contributed by atoms with Crippen LogP contribution in [-0.2, 0) is 0 Å². The van der Waals surface area contributed by atoms with E-state index in [4.69, 9.17) is 0 Å². The molecule has 0 saturated heterocycles. The summed E-state index contributed by atoms with van der Waals surface area (Å²) < 4.78 is 14.0. The van der Waals surface area contributed by atoms with E-state index in [1.54, 1.807) is 13.0 Å². The highest BCUT2D eigenvalue weighted by Crippen LogP contribution is 2.16. The van der Waals surface area contributed by atoms with Crippen molar-refractivity contribution in [2.24, 2.45) is 0 Å². The summed E-state index contributed by atoms with van der Waals surface area (Å²) in [4.78, 5) is 15.6. The number of hydrogen-bond acceptors (Lipinski definition) is 3. The number of anilines is 1. The fraction of sp³-hybridized carbons (Fsp3) is 0.100. The molecule has 0 spiro atoms. The molecule has 0 bridgehead atoms. The normalized spacial score (nSPS) is 10.3. The zero-order valence-electron chi connectivity index (χ0n) is 8.79. The van der Waals surface area contributed by atoms with Crippen LogP contribution in [0.25, 0.3) is 0 Å². The van der Waals surface area contributed by atoms with Gasteiger partial charge in [0.05, 0.1) is 5.56 Å². The van der Waals surface area contributed by atoms with E-state index in [-0.39, 0.29) is 11.5 Å². The van der Waals surface area contributed by atoms with Gasteiger partial charge in [-0.1, -0.05) is 15.9 Å². The summed E-state index contributed by atoms with van der Waals surface area (Å²) in [6, 6.07) is 4.19. The Labute approximate surface area is 105 Å². The first-order valence-corrected chi connectivity index (χ1v) is 5.51. The van der Waals surface area contributed by atoms with Gasteiger partial charge in [-0.05, 0) is 25.1 Å². The maximum Gasteiger partial charge on any atom is 0.261 e. The lowest BCUT2D eigenvalue weighted by molar-refractivity contribution is 0.102. The predicted octanol–water partition coefficient (Wildman–Crippen LogP) is 2.27. The lowest BCUT2D eigenvalue weighted by Crippen LogP contribution is -2.14. The van der Waals surface area contributed by atoms with Crippen molar-refractivity contribution in [3.8, 4) is 0 Å². The molecule has 2 rings (SSSR count). The van der Waals surface area contributed by atoms with Crippen molar-refractivity contribution in [3.63, 3.8) is 0 Å². The highest BCUT2D eigenvalue weighted by molar-refractivity contribution is 9.10. The number of H-pyrrole nitrogens is 1. The predicted molar refractivity (Wildman–Crippen MR) is 63.2 cm³/mol. The van der Waals surface area contributed by atoms with Crippen LogP contribution in [0.15, 0.2) is 22.7 Å². The first-order valence-electron chi connectivity index (χ1n) is 4.71. The Morgan fingerprint density at radius 3 is 2.88 bits per heavy atom. The lowest BCUT2D eigenvalue weighted by atomic mass is 10.2. The minimum absolute atomic E-state index is 0.0596. The quantitative estimate of drug-likeness (QED) is 0.893. The van der Waals surface area contributed by atoms with E-state index < -0.39 is 11.7 Å². The van der Waals surface area contributed by atoms with Crippen molar-refractivity contribution in [1.82, 2.24) is 15.2 Å². The van der Waals surface area contributed by atoms with Crippen molar-refractivity contribution >= 4 is 27.8 Å². The van der Waals surface area contributed by atoms with Crippen molar-refractivity contribution in [2.45, 2.75) is 6.92 Å². The molecule has 0 saturated carbocycles. The maximum absolute atomic E-state index is 13.5. The summed E-state index contributed by atoms with van der Waals surface area (Å²) >= 11 is 3.11. The Balaban J connectivity index is 2.20. The number of aromatic nitrogens is 3. The van der Waals surface area contributed by atoms with E-state index in [0.717, 1.165) is 0 Å². The van der Waals surface area contributed by atoms with E-state index >= 15 is 0 Å². The van der Waals surface area contributed by atoms with Crippen LogP contribution in [0.2, 0.25) is 0 Å². The molecule has 2 aromatic rings. The molecule has 1 heterocycles. The highest BCUT2D eigenvalue weighted by Gasteiger charge is 2.13. The average molecular weight is 299 g/mol. The number of rotatable bonds is 2. The summed E-state index contributed by atoms with van der Waals surface area (Å²) in [7, 11) is 0. The number of carbonyl (C=O) groups excluding carboxylic acids is 1. The molecular weight excluding hydrogens is 291 g/mol. The summed E-state index contributed by atoms with van der Waals surface area (Å²) in [6.07, 6.45) is 0. The van der Waals surface area contributed by atoms with Gasteiger partial charge in [0, 0.05) is 4.47 Å². The first kappa shape index (κ1) is 11.7. The third-order valence-corrected chi connectivity index (χ3v) is 2.49. The van der Waals surface area contributed by atoms with Gasteiger partial charge in [0.1, 0.15) is 11.6 Å². The van der Waals surface area contributed by atoms with E-state index in [0.29, 0.717) is 10.3 Å². The van der Waals surface area contributed by atoms with Gasteiger partial charge in [0.25, 0.3) is 5.91 Å². The van der Waals surface area contributed by atoms with Gasteiger partial charge in [-0.25, -0.2) is 4.39 Å². The molecule has 0 atom stereocenters. The fourth-order valence-corrected chi connectivity index (χ4v) is 1.57. The smallest absolute Gasteiger partial charge is 0.261 e. The van der Waals surface area contributed by atoms with Crippen LogP contribution >= 0.6 is 15.9 Å². The summed E-state index contributed by atoms with van der Waals surface area (Å²) in [6.45, 7) is 1.70. The van der Waals surface area contributed by atoms with Crippen LogP contribution < -0.4 is 5.32 Å². The molecule has 0 fully saturated rings. The van der Waals surface area contributed by atoms with E-state index in [1.165, 1.54) is 12.1 Å². The molecule has 0 aliphatic rings. The van der Waals surface area contributed by atoms with Gasteiger partial charge in [0.15, 0.2) is 0 Å². The van der Waals surface area contributed by atoms with Crippen LogP contribution in [-0.4, -0.2) is 21.1 Å². The van der Waals surface area contributed by atoms with Crippen LogP contribution in [0.4, 0.5) is 10.3 Å². The van der Waals surface area contributed by atoms with Crippen molar-refractivity contribution in [1.29, 1.82) is 0 Å². The van der Waals surface area contributed by atoms with E-state index in [2.05, 4.69) is 36.4 Å². The van der Waals surface area contributed by atoms with Gasteiger partial charge >= 0.3 is 0 Å². The molecule has 1 amide bonds. The Hall–Kier alpha value is -1.76. The molecule has 88 valence electrons. The zero-order valence-corrected chi connectivity index (χ0v) is 10.4. The Kier molecular flexibility index (Phi) is 3.19. The highest BCUT2D eigenvalue weighted by atomic mass is 79.9. The third kappa shape index (κ3) is 2.68. The van der Waals surface area contributed by atoms with Gasteiger partial charge < -0.3 is 0 Å². The molecule has 5 nitrogen and oxygen atoms in total. The van der Waals surface area contributed by atoms with Crippen LogP contribution in [0.5, 0.6) is 0 Å². The van der Waals surface area contributed by atoms with Gasteiger partial charge in [-0.2, -0.15) is 4.98 Å². The molecular formula is C10H8BrFN4O. The molecule has 0 radical (unpaired) electrons. The largest absolute Gasteiger partial charge is 0.289 e. The fourth-order valence-electron chi connectivity index (χ4n) is 1.24. The number of aromatic amines is 1. The number of carbonyl (C=O) groups is 1. The number of aryl methyl sites for hydroxylation is 1. The molecule has 0 unspecified atom stereocenters. The third-order valence-electron chi connectivity index (χ3n) is 2.00. The van der Waals surface area contributed by atoms with Gasteiger partial charge in [0.2, 0.25) is 5.95 Å². The second-order valence-electron chi connectivity index (χ2n) is 3.32. The van der Waals surface area contributed by atoms with Crippen molar-refractivity contribution in [3.05, 3.63) is 39.9 Å². The van der Waals surface area contributed by atoms with Crippen LogP contribution in [0.3, 0.4) is 0 Å². The van der Waals surface area contributed by atoms with Crippen molar-refractivity contribution < 1.29 is 9.18 Å². The SMILES string of the molecule is Cc1nc(NC(=O)c2ccc(Br)cc2F)n[nH]1. The number of benzene rings is 1. The second-order valence-corrected chi connectivity index (χ2v) is 4.24. The molecule has 1 aromatic heterocycles. The first-order chi connectivity index (χ1) is 8.06. The Bertz CT molecular complexity index is 569. The lowest BCUT2D eigenvalue weighted by Gasteiger charge is -2.02. The van der Waals surface area contributed by atoms with Crippen molar-refractivity contribution in [2.75, 3.05) is 5.32 Å². The molecule has 0 aliphatic carbocycles. The maximum atomic E-state index is 13.5. The second kappa shape index (κ2) is 4.62. The molecule has 1 aromatic carbocycles. The summed E-state index contributed by atoms with van der Waals surface area (Å²) in [5.74, 6) is -0.510. The van der Waals surface area contributed by atoms with Crippen LogP contribution in [0, 0.1) is 12.7 Å². The summed E-state index contributed by atoms with van der Waals surface area (Å²) in [5.41, 5.74) is -0.0596. The summed E-state index contributed by atoms with van der Waals surface area (Å²) in [5, 5.41) is 8.69. The number of nitrogens with one attached hydrogen (secondary N) is 2.